The Labute approximate surface area is 115 Å². The molecular formula is C11H14ClFN2O3S. The van der Waals surface area contributed by atoms with Gasteiger partial charge in [0.15, 0.2) is 5.82 Å². The Bertz CT molecular complexity index is 594. The Morgan fingerprint density at radius 3 is 2.79 bits per heavy atom. The molecule has 1 fully saturated rings. The summed E-state index contributed by atoms with van der Waals surface area (Å²) in [4.78, 5) is -0.545. The summed E-state index contributed by atoms with van der Waals surface area (Å²) in [6, 6.07) is 1.82. The van der Waals surface area contributed by atoms with Crippen LogP contribution in [-0.4, -0.2) is 27.2 Å². The van der Waals surface area contributed by atoms with Crippen LogP contribution in [-0.2, 0) is 14.8 Å². The fourth-order valence-electron chi connectivity index (χ4n) is 1.93. The number of nitrogens with one attached hydrogen (secondary N) is 1. The molecule has 0 radical (unpaired) electrons. The molecule has 2 atom stereocenters. The van der Waals surface area contributed by atoms with Crippen molar-refractivity contribution in [3.05, 3.63) is 23.0 Å². The van der Waals surface area contributed by atoms with Crippen molar-refractivity contribution < 1.29 is 17.5 Å². The molecule has 0 aliphatic carbocycles. The minimum Gasteiger partial charge on any atom is -0.399 e. The highest BCUT2D eigenvalue weighted by molar-refractivity contribution is 7.89. The number of nitrogen functional groups attached to an aromatic ring is 1. The minimum atomic E-state index is -4.02. The molecule has 8 heteroatoms. The van der Waals surface area contributed by atoms with E-state index in [0.29, 0.717) is 13.0 Å². The Balaban J connectivity index is 2.34. The van der Waals surface area contributed by atoms with Gasteiger partial charge in [0, 0.05) is 12.3 Å². The van der Waals surface area contributed by atoms with Gasteiger partial charge in [-0.3, -0.25) is 0 Å². The average Bonchev–Trinajstić information content (AvgIpc) is 2.69. The van der Waals surface area contributed by atoms with Gasteiger partial charge in [-0.2, -0.15) is 0 Å². The van der Waals surface area contributed by atoms with Crippen molar-refractivity contribution >= 4 is 27.3 Å². The average molecular weight is 309 g/mol. The van der Waals surface area contributed by atoms with Crippen LogP contribution in [0.1, 0.15) is 13.3 Å². The molecule has 1 aromatic rings. The maximum absolute atomic E-state index is 13.8. The van der Waals surface area contributed by atoms with E-state index in [2.05, 4.69) is 4.72 Å². The first kappa shape index (κ1) is 14.5. The molecule has 1 saturated heterocycles. The van der Waals surface area contributed by atoms with E-state index in [1.807, 2.05) is 0 Å². The number of rotatable bonds is 3. The molecule has 0 saturated carbocycles. The van der Waals surface area contributed by atoms with Crippen LogP contribution in [0.15, 0.2) is 17.0 Å². The third-order valence-electron chi connectivity index (χ3n) is 2.99. The van der Waals surface area contributed by atoms with E-state index < -0.39 is 20.7 Å². The number of ether oxygens (including phenoxy) is 1. The standard InChI is InChI=1S/C11H14ClFN2O3S/c1-6-9(2-3-18-6)15-19(16,17)10-5-7(14)4-8(12)11(10)13/h4-6,9,15H,2-3,14H2,1H3. The first-order chi connectivity index (χ1) is 8.81. The first-order valence-electron chi connectivity index (χ1n) is 5.69. The Morgan fingerprint density at radius 1 is 1.53 bits per heavy atom. The third kappa shape index (κ3) is 3.00. The molecule has 5 nitrogen and oxygen atoms in total. The van der Waals surface area contributed by atoms with Crippen molar-refractivity contribution in [1.29, 1.82) is 0 Å². The van der Waals surface area contributed by atoms with Crippen LogP contribution >= 0.6 is 11.6 Å². The lowest BCUT2D eigenvalue weighted by molar-refractivity contribution is 0.117. The zero-order valence-electron chi connectivity index (χ0n) is 10.2. The highest BCUT2D eigenvalue weighted by atomic mass is 35.5. The monoisotopic (exact) mass is 308 g/mol. The van der Waals surface area contributed by atoms with Crippen LogP contribution in [0.4, 0.5) is 10.1 Å². The smallest absolute Gasteiger partial charge is 0.243 e. The predicted molar refractivity (Wildman–Crippen MR) is 70.0 cm³/mol. The van der Waals surface area contributed by atoms with Gasteiger partial charge in [0.05, 0.1) is 17.2 Å². The number of sulfonamides is 1. The maximum atomic E-state index is 13.8. The van der Waals surface area contributed by atoms with Gasteiger partial charge in [0.25, 0.3) is 0 Å². The van der Waals surface area contributed by atoms with Crippen LogP contribution < -0.4 is 10.5 Å². The summed E-state index contributed by atoms with van der Waals surface area (Å²) in [5, 5.41) is -0.323. The number of hydrogen-bond acceptors (Lipinski definition) is 4. The van der Waals surface area contributed by atoms with Gasteiger partial charge in [0.2, 0.25) is 10.0 Å². The molecule has 0 amide bonds. The van der Waals surface area contributed by atoms with Crippen molar-refractivity contribution in [3.63, 3.8) is 0 Å². The quantitative estimate of drug-likeness (QED) is 0.830. The van der Waals surface area contributed by atoms with Crippen LogP contribution in [0.3, 0.4) is 0 Å². The summed E-state index contributed by atoms with van der Waals surface area (Å²) in [6.07, 6.45) is 0.285. The summed E-state index contributed by atoms with van der Waals surface area (Å²) >= 11 is 5.60. The normalized spacial score (nSPS) is 23.7. The highest BCUT2D eigenvalue weighted by Crippen LogP contribution is 2.26. The number of hydrogen-bond donors (Lipinski definition) is 2. The Hall–Kier alpha value is -0.890. The fraction of sp³-hybridized carbons (Fsp3) is 0.455. The van der Waals surface area contributed by atoms with Gasteiger partial charge in [0.1, 0.15) is 4.90 Å². The minimum absolute atomic E-state index is 0.0856. The molecule has 0 spiro atoms. The molecule has 106 valence electrons. The van der Waals surface area contributed by atoms with Gasteiger partial charge in [-0.25, -0.2) is 17.5 Å². The first-order valence-corrected chi connectivity index (χ1v) is 7.56. The number of benzene rings is 1. The van der Waals surface area contributed by atoms with E-state index in [-0.39, 0.29) is 22.9 Å². The van der Waals surface area contributed by atoms with Gasteiger partial charge in [-0.1, -0.05) is 11.6 Å². The molecule has 0 bridgehead atoms. The molecule has 1 heterocycles. The maximum Gasteiger partial charge on any atom is 0.243 e. The molecule has 2 unspecified atom stereocenters. The molecule has 1 aromatic carbocycles. The second-order valence-electron chi connectivity index (χ2n) is 4.41. The number of halogens is 2. The lowest BCUT2D eigenvalue weighted by Gasteiger charge is -2.17. The second-order valence-corrected chi connectivity index (χ2v) is 6.50. The van der Waals surface area contributed by atoms with Gasteiger partial charge in [-0.05, 0) is 25.5 Å². The van der Waals surface area contributed by atoms with Crippen molar-refractivity contribution in [2.75, 3.05) is 12.3 Å². The molecule has 3 N–H and O–H groups in total. The summed E-state index contributed by atoms with van der Waals surface area (Å²) in [5.74, 6) is -1.00. The summed E-state index contributed by atoms with van der Waals surface area (Å²) in [5.41, 5.74) is 5.58. The molecule has 2 rings (SSSR count). The van der Waals surface area contributed by atoms with E-state index in [4.69, 9.17) is 22.1 Å². The SMILES string of the molecule is CC1OCCC1NS(=O)(=O)c1cc(N)cc(Cl)c1F. The molecule has 1 aliphatic heterocycles. The third-order valence-corrected chi connectivity index (χ3v) is 4.75. The van der Waals surface area contributed by atoms with Crippen LogP contribution in [0, 0.1) is 5.82 Å². The van der Waals surface area contributed by atoms with E-state index >= 15 is 0 Å². The van der Waals surface area contributed by atoms with E-state index in [1.165, 1.54) is 0 Å². The molecule has 1 aliphatic rings. The Kier molecular flexibility index (Phi) is 4.00. The summed E-state index contributed by atoms with van der Waals surface area (Å²) in [6.45, 7) is 2.22. The highest BCUT2D eigenvalue weighted by Gasteiger charge is 2.31. The van der Waals surface area contributed by atoms with Gasteiger partial charge in [-0.15, -0.1) is 0 Å². The lowest BCUT2D eigenvalue weighted by Crippen LogP contribution is -2.39. The second kappa shape index (κ2) is 5.24. The topological polar surface area (TPSA) is 81.4 Å². The number of nitrogens with two attached hydrogens (primary N) is 1. The van der Waals surface area contributed by atoms with Crippen molar-refractivity contribution in [2.24, 2.45) is 0 Å². The predicted octanol–water partition coefficient (Wildman–Crippen LogP) is 1.52. The summed E-state index contributed by atoms with van der Waals surface area (Å²) in [7, 11) is -4.02. The largest absolute Gasteiger partial charge is 0.399 e. The number of anilines is 1. The van der Waals surface area contributed by atoms with Crippen molar-refractivity contribution in [2.45, 2.75) is 30.4 Å². The van der Waals surface area contributed by atoms with Crippen molar-refractivity contribution in [1.82, 2.24) is 4.72 Å². The molecule has 0 aromatic heterocycles. The zero-order valence-corrected chi connectivity index (χ0v) is 11.8. The van der Waals surface area contributed by atoms with Crippen molar-refractivity contribution in [3.8, 4) is 0 Å². The fourth-order valence-corrected chi connectivity index (χ4v) is 3.68. The van der Waals surface area contributed by atoms with E-state index in [1.54, 1.807) is 6.92 Å². The van der Waals surface area contributed by atoms with E-state index in [9.17, 15) is 12.8 Å². The Morgan fingerprint density at radius 2 is 2.21 bits per heavy atom. The summed E-state index contributed by atoms with van der Waals surface area (Å²) < 4.78 is 45.7. The van der Waals surface area contributed by atoms with Gasteiger partial charge >= 0.3 is 0 Å². The molecule has 19 heavy (non-hydrogen) atoms. The zero-order chi connectivity index (χ0) is 14.2. The molecular weight excluding hydrogens is 295 g/mol. The van der Waals surface area contributed by atoms with Crippen LogP contribution in [0.25, 0.3) is 0 Å². The van der Waals surface area contributed by atoms with Crippen LogP contribution in [0.2, 0.25) is 5.02 Å². The van der Waals surface area contributed by atoms with Gasteiger partial charge < -0.3 is 10.5 Å². The lowest BCUT2D eigenvalue weighted by atomic mass is 10.2. The van der Waals surface area contributed by atoms with E-state index in [0.717, 1.165) is 12.1 Å². The van der Waals surface area contributed by atoms with Crippen LogP contribution in [0.5, 0.6) is 0 Å².